The van der Waals surface area contributed by atoms with Crippen LogP contribution in [0, 0.1) is 5.82 Å². The van der Waals surface area contributed by atoms with E-state index in [0.29, 0.717) is 21.6 Å². The molecule has 3 N–H and O–H groups in total. The lowest BCUT2D eigenvalue weighted by atomic mass is 10.2. The standard InChI is InChI=1S/C14H12BrFN2O2/c1-20-13-5-3-9(7-12(13)17)18-14(19)8-2-4-10(15)11(16)6-8/h2-7H,17H2,1H3,(H,18,19). The van der Waals surface area contributed by atoms with Gasteiger partial charge >= 0.3 is 0 Å². The zero-order valence-corrected chi connectivity index (χ0v) is 12.2. The molecule has 0 bridgehead atoms. The van der Waals surface area contributed by atoms with E-state index in [-0.39, 0.29) is 5.56 Å². The zero-order chi connectivity index (χ0) is 14.7. The second kappa shape index (κ2) is 5.92. The molecule has 0 heterocycles. The maximum atomic E-state index is 13.4. The van der Waals surface area contributed by atoms with Gasteiger partial charge in [0.15, 0.2) is 0 Å². The van der Waals surface area contributed by atoms with Gasteiger partial charge in [-0.3, -0.25) is 4.79 Å². The van der Waals surface area contributed by atoms with E-state index >= 15 is 0 Å². The van der Waals surface area contributed by atoms with Gasteiger partial charge in [0.05, 0.1) is 17.3 Å². The molecule has 0 fully saturated rings. The number of halogens is 2. The highest BCUT2D eigenvalue weighted by molar-refractivity contribution is 9.10. The summed E-state index contributed by atoms with van der Waals surface area (Å²) in [6, 6.07) is 9.04. The largest absolute Gasteiger partial charge is 0.495 e. The minimum Gasteiger partial charge on any atom is -0.495 e. The van der Waals surface area contributed by atoms with Crippen molar-refractivity contribution in [1.29, 1.82) is 0 Å². The Kier molecular flexibility index (Phi) is 4.24. The molecule has 20 heavy (non-hydrogen) atoms. The fourth-order valence-corrected chi connectivity index (χ4v) is 1.90. The van der Waals surface area contributed by atoms with Crippen molar-refractivity contribution in [2.75, 3.05) is 18.2 Å². The normalized spacial score (nSPS) is 10.2. The third-order valence-corrected chi connectivity index (χ3v) is 3.31. The van der Waals surface area contributed by atoms with E-state index in [1.54, 1.807) is 18.2 Å². The summed E-state index contributed by atoms with van der Waals surface area (Å²) in [5, 5.41) is 2.64. The fraction of sp³-hybridized carbons (Fsp3) is 0.0714. The van der Waals surface area contributed by atoms with E-state index in [4.69, 9.17) is 10.5 Å². The average molecular weight is 339 g/mol. The van der Waals surface area contributed by atoms with Gasteiger partial charge in [-0.05, 0) is 52.3 Å². The molecule has 0 aliphatic rings. The highest BCUT2D eigenvalue weighted by atomic mass is 79.9. The summed E-state index contributed by atoms with van der Waals surface area (Å²) in [5.41, 5.74) is 6.89. The van der Waals surface area contributed by atoms with E-state index in [9.17, 15) is 9.18 Å². The van der Waals surface area contributed by atoms with Crippen LogP contribution in [0.3, 0.4) is 0 Å². The number of hydrogen-bond acceptors (Lipinski definition) is 3. The Hall–Kier alpha value is -2.08. The van der Waals surface area contributed by atoms with Gasteiger partial charge in [-0.2, -0.15) is 0 Å². The summed E-state index contributed by atoms with van der Waals surface area (Å²) in [6.07, 6.45) is 0. The van der Waals surface area contributed by atoms with Crippen molar-refractivity contribution in [3.05, 3.63) is 52.3 Å². The molecule has 0 saturated carbocycles. The van der Waals surface area contributed by atoms with Crippen LogP contribution in [-0.4, -0.2) is 13.0 Å². The first-order valence-electron chi connectivity index (χ1n) is 5.71. The minimum atomic E-state index is -0.494. The molecular weight excluding hydrogens is 327 g/mol. The molecule has 0 radical (unpaired) electrons. The van der Waals surface area contributed by atoms with Gasteiger partial charge in [-0.15, -0.1) is 0 Å². The van der Waals surface area contributed by atoms with Crippen LogP contribution in [0.4, 0.5) is 15.8 Å². The van der Waals surface area contributed by atoms with Crippen LogP contribution < -0.4 is 15.8 Å². The van der Waals surface area contributed by atoms with Crippen molar-refractivity contribution in [3.63, 3.8) is 0 Å². The number of nitrogens with one attached hydrogen (secondary N) is 1. The smallest absolute Gasteiger partial charge is 0.255 e. The first-order valence-corrected chi connectivity index (χ1v) is 6.50. The molecule has 2 rings (SSSR count). The quantitative estimate of drug-likeness (QED) is 0.842. The Balaban J connectivity index is 2.19. The van der Waals surface area contributed by atoms with E-state index in [0.717, 1.165) is 6.07 Å². The molecule has 2 aromatic carbocycles. The molecule has 0 spiro atoms. The van der Waals surface area contributed by atoms with E-state index in [2.05, 4.69) is 21.2 Å². The van der Waals surface area contributed by atoms with Gasteiger partial charge in [-0.25, -0.2) is 4.39 Å². The third kappa shape index (κ3) is 3.08. The van der Waals surface area contributed by atoms with Crippen LogP contribution in [0.1, 0.15) is 10.4 Å². The number of anilines is 2. The molecule has 4 nitrogen and oxygen atoms in total. The molecule has 0 aliphatic heterocycles. The molecule has 6 heteroatoms. The van der Waals surface area contributed by atoms with Crippen LogP contribution in [0.15, 0.2) is 40.9 Å². The summed E-state index contributed by atoms with van der Waals surface area (Å²) < 4.78 is 18.7. The molecule has 0 aliphatic carbocycles. The summed E-state index contributed by atoms with van der Waals surface area (Å²) in [5.74, 6) is -0.384. The maximum Gasteiger partial charge on any atom is 0.255 e. The SMILES string of the molecule is COc1ccc(NC(=O)c2ccc(Br)c(F)c2)cc1N. The van der Waals surface area contributed by atoms with Crippen molar-refractivity contribution in [2.45, 2.75) is 0 Å². The van der Waals surface area contributed by atoms with Crippen LogP contribution in [-0.2, 0) is 0 Å². The molecule has 104 valence electrons. The maximum absolute atomic E-state index is 13.4. The molecule has 2 aromatic rings. The number of benzene rings is 2. The van der Waals surface area contributed by atoms with Gasteiger partial charge in [-0.1, -0.05) is 0 Å². The van der Waals surface area contributed by atoms with Crippen molar-refractivity contribution in [1.82, 2.24) is 0 Å². The predicted molar refractivity (Wildman–Crippen MR) is 79.5 cm³/mol. The van der Waals surface area contributed by atoms with Crippen molar-refractivity contribution in [2.24, 2.45) is 0 Å². The highest BCUT2D eigenvalue weighted by Crippen LogP contribution is 2.25. The number of amides is 1. The van der Waals surface area contributed by atoms with E-state index in [1.165, 1.54) is 19.2 Å². The van der Waals surface area contributed by atoms with E-state index < -0.39 is 11.7 Å². The minimum absolute atomic E-state index is 0.222. The summed E-state index contributed by atoms with van der Waals surface area (Å²) in [4.78, 5) is 12.0. The van der Waals surface area contributed by atoms with Crippen LogP contribution >= 0.6 is 15.9 Å². The van der Waals surface area contributed by atoms with Crippen LogP contribution in [0.2, 0.25) is 0 Å². The van der Waals surface area contributed by atoms with Gasteiger partial charge in [0.1, 0.15) is 11.6 Å². The Bertz CT molecular complexity index is 662. The number of hydrogen-bond donors (Lipinski definition) is 2. The second-order valence-electron chi connectivity index (χ2n) is 4.04. The first kappa shape index (κ1) is 14.3. The van der Waals surface area contributed by atoms with Gasteiger partial charge in [0, 0.05) is 11.3 Å². The van der Waals surface area contributed by atoms with E-state index in [1.807, 2.05) is 0 Å². The summed E-state index contributed by atoms with van der Waals surface area (Å²) in [7, 11) is 1.51. The summed E-state index contributed by atoms with van der Waals surface area (Å²) in [6.45, 7) is 0. The van der Waals surface area contributed by atoms with Gasteiger partial charge in [0.2, 0.25) is 0 Å². The number of nitrogen functional groups attached to an aromatic ring is 1. The fourth-order valence-electron chi connectivity index (χ4n) is 1.65. The monoisotopic (exact) mass is 338 g/mol. The Morgan fingerprint density at radius 2 is 2.05 bits per heavy atom. The number of carbonyl (C=O) groups is 1. The Morgan fingerprint density at radius 3 is 2.65 bits per heavy atom. The average Bonchev–Trinajstić information content (AvgIpc) is 2.42. The number of carbonyl (C=O) groups excluding carboxylic acids is 1. The van der Waals surface area contributed by atoms with Gasteiger partial charge < -0.3 is 15.8 Å². The lowest BCUT2D eigenvalue weighted by Gasteiger charge is -2.09. The number of nitrogens with two attached hydrogens (primary N) is 1. The Morgan fingerprint density at radius 1 is 1.30 bits per heavy atom. The number of ether oxygens (including phenoxy) is 1. The molecular formula is C14H12BrFN2O2. The number of rotatable bonds is 3. The third-order valence-electron chi connectivity index (χ3n) is 2.67. The van der Waals surface area contributed by atoms with Crippen LogP contribution in [0.25, 0.3) is 0 Å². The highest BCUT2D eigenvalue weighted by Gasteiger charge is 2.10. The predicted octanol–water partition coefficient (Wildman–Crippen LogP) is 3.43. The topological polar surface area (TPSA) is 64.3 Å². The van der Waals surface area contributed by atoms with Crippen molar-refractivity contribution in [3.8, 4) is 5.75 Å². The lowest BCUT2D eigenvalue weighted by Crippen LogP contribution is -2.12. The molecule has 0 saturated heterocycles. The number of methoxy groups -OCH3 is 1. The molecule has 0 unspecified atom stereocenters. The Labute approximate surface area is 123 Å². The summed E-state index contributed by atoms with van der Waals surface area (Å²) >= 11 is 3.03. The van der Waals surface area contributed by atoms with Crippen LogP contribution in [0.5, 0.6) is 5.75 Å². The van der Waals surface area contributed by atoms with Gasteiger partial charge in [0.25, 0.3) is 5.91 Å². The molecule has 0 aromatic heterocycles. The zero-order valence-electron chi connectivity index (χ0n) is 10.6. The molecule has 0 atom stereocenters. The second-order valence-corrected chi connectivity index (χ2v) is 4.89. The van der Waals surface area contributed by atoms with Crippen molar-refractivity contribution >= 4 is 33.2 Å². The first-order chi connectivity index (χ1) is 9.51. The lowest BCUT2D eigenvalue weighted by molar-refractivity contribution is 0.102. The molecule has 1 amide bonds. The van der Waals surface area contributed by atoms with Crippen molar-refractivity contribution < 1.29 is 13.9 Å².